The van der Waals surface area contributed by atoms with Gasteiger partial charge in [-0.15, -0.1) is 0 Å². The van der Waals surface area contributed by atoms with Gasteiger partial charge in [-0.1, -0.05) is 0 Å². The van der Waals surface area contributed by atoms with Crippen molar-refractivity contribution in [3.63, 3.8) is 0 Å². The number of methoxy groups -OCH3 is 3. The van der Waals surface area contributed by atoms with Crippen molar-refractivity contribution in [1.29, 1.82) is 0 Å². The Hall–Kier alpha value is -1.59. The number of rotatable bonds is 9. The summed E-state index contributed by atoms with van der Waals surface area (Å²) < 4.78 is 14.7. The number of esters is 3. The summed E-state index contributed by atoms with van der Waals surface area (Å²) in [6, 6.07) is 0. The molecule has 0 saturated heterocycles. The molecule has 0 aromatic carbocycles. The van der Waals surface area contributed by atoms with Crippen LogP contribution in [0.15, 0.2) is 0 Å². The Balaban J connectivity index is 1.81. The van der Waals surface area contributed by atoms with Crippen molar-refractivity contribution in [2.45, 2.75) is 77.0 Å². The van der Waals surface area contributed by atoms with Crippen LogP contribution in [-0.4, -0.2) is 39.2 Å². The number of hydrogen-bond acceptors (Lipinski definition) is 6. The second kappa shape index (κ2) is 8.03. The van der Waals surface area contributed by atoms with Gasteiger partial charge in [0.05, 0.1) is 21.3 Å². The molecule has 4 saturated carbocycles. The highest BCUT2D eigenvalue weighted by Crippen LogP contribution is 2.73. The lowest BCUT2D eigenvalue weighted by molar-refractivity contribution is -0.176. The third kappa shape index (κ3) is 4.36. The summed E-state index contributed by atoms with van der Waals surface area (Å²) in [6.45, 7) is 0. The van der Waals surface area contributed by atoms with Gasteiger partial charge in [-0.25, -0.2) is 0 Å². The van der Waals surface area contributed by atoms with Gasteiger partial charge in [0.25, 0.3) is 0 Å². The zero-order chi connectivity index (χ0) is 20.4. The van der Waals surface area contributed by atoms with E-state index in [0.717, 1.165) is 57.8 Å². The van der Waals surface area contributed by atoms with Gasteiger partial charge < -0.3 is 14.2 Å². The molecule has 4 fully saturated rings. The van der Waals surface area contributed by atoms with Crippen molar-refractivity contribution < 1.29 is 28.6 Å². The van der Waals surface area contributed by atoms with Gasteiger partial charge in [-0.3, -0.25) is 14.4 Å². The zero-order valence-electron chi connectivity index (χ0n) is 17.5. The van der Waals surface area contributed by atoms with Gasteiger partial charge in [0, 0.05) is 19.3 Å². The molecule has 0 aromatic rings. The monoisotopic (exact) mass is 394 g/mol. The van der Waals surface area contributed by atoms with E-state index in [2.05, 4.69) is 0 Å². The van der Waals surface area contributed by atoms with Crippen molar-refractivity contribution in [3.8, 4) is 0 Å². The number of carbonyl (C=O) groups is 3. The average molecular weight is 395 g/mol. The van der Waals surface area contributed by atoms with Gasteiger partial charge >= 0.3 is 17.9 Å². The molecular formula is C22H34O6. The van der Waals surface area contributed by atoms with Crippen LogP contribution in [0.25, 0.3) is 0 Å². The number of carbonyl (C=O) groups excluding carboxylic acids is 3. The molecule has 158 valence electrons. The molecule has 0 unspecified atom stereocenters. The second-order valence-electron chi connectivity index (χ2n) is 9.74. The molecular weight excluding hydrogens is 360 g/mol. The Bertz CT molecular complexity index is 533. The molecule has 0 atom stereocenters. The van der Waals surface area contributed by atoms with Crippen LogP contribution >= 0.6 is 0 Å². The molecule has 4 aliphatic carbocycles. The van der Waals surface area contributed by atoms with E-state index in [1.54, 1.807) is 0 Å². The maximum atomic E-state index is 11.8. The summed E-state index contributed by atoms with van der Waals surface area (Å²) in [6.07, 6.45) is 10.6. The first-order valence-electron chi connectivity index (χ1n) is 10.5. The molecule has 4 rings (SSSR count). The molecule has 0 aromatic heterocycles. The van der Waals surface area contributed by atoms with Crippen molar-refractivity contribution in [1.82, 2.24) is 0 Å². The fourth-order valence-corrected chi connectivity index (χ4v) is 7.31. The van der Waals surface area contributed by atoms with Crippen LogP contribution in [0.3, 0.4) is 0 Å². The van der Waals surface area contributed by atoms with Crippen LogP contribution in [0.5, 0.6) is 0 Å². The summed E-state index contributed by atoms with van der Waals surface area (Å²) in [7, 11) is 4.33. The molecule has 0 amide bonds. The Morgan fingerprint density at radius 2 is 0.929 bits per heavy atom. The minimum absolute atomic E-state index is 0.125. The van der Waals surface area contributed by atoms with E-state index in [1.165, 1.54) is 21.3 Å². The lowest BCUT2D eigenvalue weighted by Crippen LogP contribution is -2.57. The van der Waals surface area contributed by atoms with Crippen molar-refractivity contribution in [2.75, 3.05) is 21.3 Å². The normalized spacial score (nSPS) is 35.5. The third-order valence-electron chi connectivity index (χ3n) is 7.68. The SMILES string of the molecule is COC(=O)CCC12CC3CC(CCC(=O)OC)(C1)CC(CCC(=O)OC)(C3)C2. The first-order valence-corrected chi connectivity index (χ1v) is 10.5. The summed E-state index contributed by atoms with van der Waals surface area (Å²) in [5, 5.41) is 0. The topological polar surface area (TPSA) is 78.9 Å². The molecule has 0 aliphatic heterocycles. The standard InChI is InChI=1S/C22H34O6/c1-26-17(23)4-7-20-10-16-11-21(13-20,8-5-18(24)27-2)15-22(12-16,14-20)9-6-19(25)28-3/h16H,4-15H2,1-3H3. The maximum Gasteiger partial charge on any atom is 0.305 e. The Morgan fingerprint density at radius 1 is 0.643 bits per heavy atom. The molecule has 4 aliphatic rings. The summed E-state index contributed by atoms with van der Waals surface area (Å²) in [5.74, 6) is 0.165. The highest BCUT2D eigenvalue weighted by molar-refractivity contribution is 5.70. The zero-order valence-corrected chi connectivity index (χ0v) is 17.5. The van der Waals surface area contributed by atoms with Gasteiger partial charge in [0.2, 0.25) is 0 Å². The van der Waals surface area contributed by atoms with E-state index < -0.39 is 0 Å². The Labute approximate surface area is 167 Å². The minimum atomic E-state index is -0.150. The fraction of sp³-hybridized carbons (Fsp3) is 0.864. The number of hydrogen-bond donors (Lipinski definition) is 0. The molecule has 6 nitrogen and oxygen atoms in total. The Kier molecular flexibility index (Phi) is 6.06. The van der Waals surface area contributed by atoms with E-state index >= 15 is 0 Å². The molecule has 0 spiro atoms. The Morgan fingerprint density at radius 3 is 1.18 bits per heavy atom. The predicted octanol–water partition coefficient (Wildman–Crippen LogP) is 3.80. The number of ether oxygens (including phenoxy) is 3. The minimum Gasteiger partial charge on any atom is -0.469 e. The van der Waals surface area contributed by atoms with E-state index in [4.69, 9.17) is 14.2 Å². The average Bonchev–Trinajstić information content (AvgIpc) is 2.67. The molecule has 0 N–H and O–H groups in total. The molecule has 4 bridgehead atoms. The van der Waals surface area contributed by atoms with Gasteiger partial charge in [0.15, 0.2) is 0 Å². The summed E-state index contributed by atoms with van der Waals surface area (Å²) in [4.78, 5) is 35.5. The van der Waals surface area contributed by atoms with Crippen LogP contribution in [0.1, 0.15) is 77.0 Å². The van der Waals surface area contributed by atoms with E-state index in [1.807, 2.05) is 0 Å². The van der Waals surface area contributed by atoms with Crippen LogP contribution in [0.4, 0.5) is 0 Å². The highest BCUT2D eigenvalue weighted by atomic mass is 16.5. The smallest absolute Gasteiger partial charge is 0.305 e. The quantitative estimate of drug-likeness (QED) is 0.437. The lowest BCUT2D eigenvalue weighted by atomic mass is 9.37. The van der Waals surface area contributed by atoms with E-state index in [0.29, 0.717) is 25.2 Å². The first-order chi connectivity index (χ1) is 13.3. The van der Waals surface area contributed by atoms with Gasteiger partial charge in [-0.2, -0.15) is 0 Å². The molecule has 0 radical (unpaired) electrons. The van der Waals surface area contributed by atoms with Crippen LogP contribution in [0.2, 0.25) is 0 Å². The molecule has 28 heavy (non-hydrogen) atoms. The summed E-state index contributed by atoms with van der Waals surface area (Å²) in [5.41, 5.74) is 0.375. The van der Waals surface area contributed by atoms with Crippen molar-refractivity contribution >= 4 is 17.9 Å². The van der Waals surface area contributed by atoms with Crippen molar-refractivity contribution in [2.24, 2.45) is 22.2 Å². The lowest BCUT2D eigenvalue weighted by Gasteiger charge is -2.67. The van der Waals surface area contributed by atoms with E-state index in [-0.39, 0.29) is 34.2 Å². The maximum absolute atomic E-state index is 11.8. The second-order valence-corrected chi connectivity index (χ2v) is 9.74. The van der Waals surface area contributed by atoms with E-state index in [9.17, 15) is 14.4 Å². The molecule has 6 heteroatoms. The van der Waals surface area contributed by atoms with Gasteiger partial charge in [0.1, 0.15) is 0 Å². The largest absolute Gasteiger partial charge is 0.469 e. The third-order valence-corrected chi connectivity index (χ3v) is 7.68. The van der Waals surface area contributed by atoms with Crippen LogP contribution in [-0.2, 0) is 28.6 Å². The highest BCUT2D eigenvalue weighted by Gasteiger charge is 2.62. The van der Waals surface area contributed by atoms with Crippen LogP contribution < -0.4 is 0 Å². The summed E-state index contributed by atoms with van der Waals surface area (Å²) >= 11 is 0. The predicted molar refractivity (Wildman–Crippen MR) is 102 cm³/mol. The first kappa shape index (κ1) is 21.1. The van der Waals surface area contributed by atoms with Crippen molar-refractivity contribution in [3.05, 3.63) is 0 Å². The van der Waals surface area contributed by atoms with Gasteiger partial charge in [-0.05, 0) is 80.0 Å². The molecule has 0 heterocycles. The fourth-order valence-electron chi connectivity index (χ4n) is 7.31. The van der Waals surface area contributed by atoms with Crippen LogP contribution in [0, 0.1) is 22.2 Å².